The number of amides is 2. The molecule has 1 fully saturated rings. The molecule has 1 aliphatic heterocycles. The van der Waals surface area contributed by atoms with Crippen molar-refractivity contribution in [2.45, 2.75) is 44.7 Å². The van der Waals surface area contributed by atoms with E-state index in [1.165, 1.54) is 16.3 Å². The minimum Gasteiger partial charge on any atom is -0.352 e. The molecule has 23 heavy (non-hydrogen) atoms. The first-order valence-electron chi connectivity index (χ1n) is 8.20. The number of fused-ring (bicyclic) bond motifs is 1. The number of nitrogens with one attached hydrogen (secondary N) is 2. The second-order valence-corrected chi connectivity index (χ2v) is 6.25. The molecule has 0 aromatic heterocycles. The van der Waals surface area contributed by atoms with Gasteiger partial charge in [-0.1, -0.05) is 42.5 Å². The Hall–Kier alpha value is -2.36. The van der Waals surface area contributed by atoms with Gasteiger partial charge in [0.25, 0.3) is 0 Å². The second-order valence-electron chi connectivity index (χ2n) is 6.25. The fourth-order valence-electron chi connectivity index (χ4n) is 3.13. The maximum atomic E-state index is 12.2. The van der Waals surface area contributed by atoms with Crippen LogP contribution in [0.5, 0.6) is 0 Å². The topological polar surface area (TPSA) is 58.2 Å². The van der Waals surface area contributed by atoms with Gasteiger partial charge in [0.05, 0.1) is 0 Å². The van der Waals surface area contributed by atoms with Crippen molar-refractivity contribution in [3.05, 3.63) is 48.0 Å². The first-order chi connectivity index (χ1) is 11.1. The lowest BCUT2D eigenvalue weighted by atomic mass is 9.99. The summed E-state index contributed by atoms with van der Waals surface area (Å²) in [6.07, 6.45) is 2.69. The summed E-state index contributed by atoms with van der Waals surface area (Å²) in [5, 5.41) is 8.11. The molecule has 1 heterocycles. The predicted octanol–water partition coefficient (Wildman–Crippen LogP) is 2.56. The van der Waals surface area contributed by atoms with Gasteiger partial charge < -0.3 is 10.6 Å². The molecule has 2 aromatic rings. The first-order valence-corrected chi connectivity index (χ1v) is 8.20. The maximum absolute atomic E-state index is 12.2. The SMILES string of the molecule is CC1CCC(NC(=O)CCc2cccc3ccccc23)C(=O)N1. The summed E-state index contributed by atoms with van der Waals surface area (Å²) in [5.41, 5.74) is 1.17. The average molecular weight is 310 g/mol. The number of aryl methyl sites for hydroxylation is 1. The minimum atomic E-state index is -0.383. The molecular formula is C19H22N2O2. The predicted molar refractivity (Wildman–Crippen MR) is 91.0 cm³/mol. The molecule has 0 radical (unpaired) electrons. The average Bonchev–Trinajstić information content (AvgIpc) is 2.55. The van der Waals surface area contributed by atoms with Gasteiger partial charge in [0, 0.05) is 12.5 Å². The fraction of sp³-hybridized carbons (Fsp3) is 0.368. The number of piperidine rings is 1. The van der Waals surface area contributed by atoms with Gasteiger partial charge in [-0.3, -0.25) is 9.59 Å². The van der Waals surface area contributed by atoms with Crippen molar-refractivity contribution in [1.29, 1.82) is 0 Å². The van der Waals surface area contributed by atoms with E-state index >= 15 is 0 Å². The van der Waals surface area contributed by atoms with E-state index in [4.69, 9.17) is 0 Å². The van der Waals surface area contributed by atoms with E-state index in [9.17, 15) is 9.59 Å². The zero-order valence-electron chi connectivity index (χ0n) is 13.3. The molecule has 2 atom stereocenters. The highest BCUT2D eigenvalue weighted by Gasteiger charge is 2.26. The van der Waals surface area contributed by atoms with Gasteiger partial charge in [-0.05, 0) is 42.5 Å². The smallest absolute Gasteiger partial charge is 0.242 e. The quantitative estimate of drug-likeness (QED) is 0.912. The van der Waals surface area contributed by atoms with Crippen molar-refractivity contribution in [3.8, 4) is 0 Å². The molecule has 2 unspecified atom stereocenters. The van der Waals surface area contributed by atoms with Gasteiger partial charge in [0.15, 0.2) is 0 Å². The van der Waals surface area contributed by atoms with Gasteiger partial charge in [0.1, 0.15) is 6.04 Å². The second kappa shape index (κ2) is 6.82. The lowest BCUT2D eigenvalue weighted by molar-refractivity contribution is -0.130. The van der Waals surface area contributed by atoms with Gasteiger partial charge >= 0.3 is 0 Å². The van der Waals surface area contributed by atoms with Crippen molar-refractivity contribution in [3.63, 3.8) is 0 Å². The standard InChI is InChI=1S/C19H22N2O2/c1-13-9-11-17(19(23)20-13)21-18(22)12-10-15-7-4-6-14-5-2-3-8-16(14)15/h2-8,13,17H,9-12H2,1H3,(H,20,23)(H,21,22). The van der Waals surface area contributed by atoms with E-state index in [0.29, 0.717) is 19.3 Å². The zero-order valence-corrected chi connectivity index (χ0v) is 13.3. The normalized spacial score (nSPS) is 21.0. The third kappa shape index (κ3) is 3.70. The van der Waals surface area contributed by atoms with Crippen LogP contribution in [0.4, 0.5) is 0 Å². The molecule has 2 aromatic carbocycles. The first kappa shape index (κ1) is 15.5. The summed E-state index contributed by atoms with van der Waals surface area (Å²) in [5.74, 6) is -0.130. The highest BCUT2D eigenvalue weighted by atomic mass is 16.2. The Kier molecular flexibility index (Phi) is 4.60. The summed E-state index contributed by atoms with van der Waals surface area (Å²) in [7, 11) is 0. The number of carbonyl (C=O) groups excluding carboxylic acids is 2. The van der Waals surface area contributed by atoms with Crippen LogP contribution in [0, 0.1) is 0 Å². The van der Waals surface area contributed by atoms with Gasteiger partial charge in [-0.2, -0.15) is 0 Å². The third-order valence-electron chi connectivity index (χ3n) is 4.43. The zero-order chi connectivity index (χ0) is 16.2. The summed E-state index contributed by atoms with van der Waals surface area (Å²) in [4.78, 5) is 24.0. The van der Waals surface area contributed by atoms with E-state index in [1.807, 2.05) is 25.1 Å². The highest BCUT2D eigenvalue weighted by molar-refractivity contribution is 5.89. The Balaban J connectivity index is 1.59. The number of carbonyl (C=O) groups is 2. The Morgan fingerprint density at radius 3 is 2.78 bits per heavy atom. The Morgan fingerprint density at radius 2 is 1.96 bits per heavy atom. The molecule has 2 amide bonds. The molecule has 120 valence electrons. The van der Waals surface area contributed by atoms with Crippen LogP contribution in [0.1, 0.15) is 31.7 Å². The lowest BCUT2D eigenvalue weighted by Crippen LogP contribution is -2.53. The molecule has 0 bridgehead atoms. The van der Waals surface area contributed by atoms with Crippen molar-refractivity contribution >= 4 is 22.6 Å². The van der Waals surface area contributed by atoms with E-state index in [2.05, 4.69) is 34.9 Å². The number of hydrogen-bond donors (Lipinski definition) is 2. The largest absolute Gasteiger partial charge is 0.352 e. The van der Waals surface area contributed by atoms with E-state index < -0.39 is 0 Å². The van der Waals surface area contributed by atoms with Crippen LogP contribution in [-0.4, -0.2) is 23.9 Å². The molecule has 4 nitrogen and oxygen atoms in total. The molecule has 1 aliphatic rings. The highest BCUT2D eigenvalue weighted by Crippen LogP contribution is 2.19. The summed E-state index contributed by atoms with van der Waals surface area (Å²) in [6, 6.07) is 14.2. The molecule has 3 rings (SSSR count). The van der Waals surface area contributed by atoms with Crippen LogP contribution >= 0.6 is 0 Å². The van der Waals surface area contributed by atoms with Crippen LogP contribution in [0.25, 0.3) is 10.8 Å². The Morgan fingerprint density at radius 1 is 1.17 bits per heavy atom. The summed E-state index contributed by atoms with van der Waals surface area (Å²) >= 11 is 0. The van der Waals surface area contributed by atoms with E-state index in [0.717, 1.165) is 6.42 Å². The fourth-order valence-corrected chi connectivity index (χ4v) is 3.13. The molecule has 1 saturated heterocycles. The summed E-state index contributed by atoms with van der Waals surface area (Å²) < 4.78 is 0. The van der Waals surface area contributed by atoms with Crippen molar-refractivity contribution < 1.29 is 9.59 Å². The molecule has 0 saturated carbocycles. The van der Waals surface area contributed by atoms with Crippen LogP contribution in [0.15, 0.2) is 42.5 Å². The summed E-state index contributed by atoms with van der Waals surface area (Å²) in [6.45, 7) is 1.98. The Labute approximate surface area is 136 Å². The van der Waals surface area contributed by atoms with Crippen molar-refractivity contribution in [2.24, 2.45) is 0 Å². The molecule has 0 spiro atoms. The van der Waals surface area contributed by atoms with E-state index in [1.54, 1.807) is 0 Å². The number of hydrogen-bond acceptors (Lipinski definition) is 2. The van der Waals surface area contributed by atoms with Crippen molar-refractivity contribution in [1.82, 2.24) is 10.6 Å². The molecular weight excluding hydrogens is 288 g/mol. The Bertz CT molecular complexity index is 721. The molecule has 4 heteroatoms. The molecule has 2 N–H and O–H groups in total. The van der Waals surface area contributed by atoms with Crippen LogP contribution in [0.2, 0.25) is 0 Å². The van der Waals surface area contributed by atoms with Crippen molar-refractivity contribution in [2.75, 3.05) is 0 Å². The molecule has 0 aliphatic carbocycles. The van der Waals surface area contributed by atoms with Gasteiger partial charge in [0.2, 0.25) is 11.8 Å². The lowest BCUT2D eigenvalue weighted by Gasteiger charge is -2.27. The van der Waals surface area contributed by atoms with Crippen LogP contribution < -0.4 is 10.6 Å². The minimum absolute atomic E-state index is 0.0624. The van der Waals surface area contributed by atoms with Gasteiger partial charge in [-0.15, -0.1) is 0 Å². The van der Waals surface area contributed by atoms with Crippen LogP contribution in [0.3, 0.4) is 0 Å². The number of benzene rings is 2. The van der Waals surface area contributed by atoms with E-state index in [-0.39, 0.29) is 23.9 Å². The van der Waals surface area contributed by atoms with Gasteiger partial charge in [-0.25, -0.2) is 0 Å². The monoisotopic (exact) mass is 310 g/mol. The third-order valence-corrected chi connectivity index (χ3v) is 4.43. The van der Waals surface area contributed by atoms with Crippen LogP contribution in [-0.2, 0) is 16.0 Å². The number of rotatable bonds is 4. The maximum Gasteiger partial charge on any atom is 0.242 e.